The summed E-state index contributed by atoms with van der Waals surface area (Å²) in [5.74, 6) is -2.98. The molecule has 0 fully saturated rings. The molecule has 0 aliphatic rings. The fourth-order valence-corrected chi connectivity index (χ4v) is 2.73. The van der Waals surface area contributed by atoms with Crippen LogP contribution in [0.3, 0.4) is 0 Å². The number of amides is 1. The molecule has 1 aromatic rings. The molecular formula is C14H18FNO4S. The Morgan fingerprint density at radius 1 is 1.33 bits per heavy atom. The van der Waals surface area contributed by atoms with Crippen LogP contribution >= 0.6 is 0 Å². The van der Waals surface area contributed by atoms with Crippen molar-refractivity contribution in [1.82, 2.24) is 5.32 Å². The van der Waals surface area contributed by atoms with Crippen LogP contribution in [0.4, 0.5) is 4.39 Å². The molecule has 116 valence electrons. The zero-order chi connectivity index (χ0) is 16.0. The highest BCUT2D eigenvalue weighted by Gasteiger charge is 2.17. The molecule has 1 unspecified atom stereocenters. The van der Waals surface area contributed by atoms with Crippen molar-refractivity contribution in [3.8, 4) is 0 Å². The Morgan fingerprint density at radius 3 is 2.48 bits per heavy atom. The second-order valence-corrected chi connectivity index (χ2v) is 5.97. The molecule has 0 heterocycles. The van der Waals surface area contributed by atoms with Gasteiger partial charge in [-0.3, -0.25) is 9.00 Å². The minimum absolute atomic E-state index is 0.0253. The predicted octanol–water partition coefficient (Wildman–Crippen LogP) is 1.94. The first-order valence-corrected chi connectivity index (χ1v) is 7.91. The number of nitrogens with one attached hydrogen (secondary N) is 1. The second-order valence-electron chi connectivity index (χ2n) is 4.52. The molecule has 5 nitrogen and oxygen atoms in total. The molecule has 0 aliphatic heterocycles. The van der Waals surface area contributed by atoms with Gasteiger partial charge in [-0.1, -0.05) is 13.8 Å². The van der Waals surface area contributed by atoms with Gasteiger partial charge in [-0.2, -0.15) is 0 Å². The smallest absolute Gasteiger partial charge is 0.338 e. The van der Waals surface area contributed by atoms with Crippen LogP contribution < -0.4 is 5.32 Å². The van der Waals surface area contributed by atoms with E-state index in [-0.39, 0.29) is 22.6 Å². The first-order valence-electron chi connectivity index (χ1n) is 6.59. The Hall–Kier alpha value is -1.76. The molecule has 0 aliphatic carbocycles. The zero-order valence-electron chi connectivity index (χ0n) is 11.9. The van der Waals surface area contributed by atoms with Crippen molar-refractivity contribution >= 4 is 22.7 Å². The fraction of sp³-hybridized carbons (Fsp3) is 0.429. The maximum Gasteiger partial charge on any atom is 0.338 e. The van der Waals surface area contributed by atoms with Crippen LogP contribution in [0.25, 0.3) is 0 Å². The van der Waals surface area contributed by atoms with E-state index >= 15 is 0 Å². The van der Waals surface area contributed by atoms with E-state index in [2.05, 4.69) is 5.32 Å². The number of hydrogen-bond donors (Lipinski definition) is 2. The van der Waals surface area contributed by atoms with E-state index in [1.165, 1.54) is 6.07 Å². The van der Waals surface area contributed by atoms with Crippen LogP contribution in [0.5, 0.6) is 0 Å². The largest absolute Gasteiger partial charge is 0.478 e. The van der Waals surface area contributed by atoms with Crippen LogP contribution in [-0.4, -0.2) is 33.0 Å². The van der Waals surface area contributed by atoms with E-state index in [1.54, 1.807) is 0 Å². The summed E-state index contributed by atoms with van der Waals surface area (Å²) in [7, 11) is -1.71. The molecule has 0 spiro atoms. The minimum Gasteiger partial charge on any atom is -0.478 e. The number of carbonyl (C=O) groups is 2. The molecular weight excluding hydrogens is 297 g/mol. The van der Waals surface area contributed by atoms with Gasteiger partial charge in [0, 0.05) is 10.9 Å². The van der Waals surface area contributed by atoms with E-state index in [9.17, 15) is 18.2 Å². The van der Waals surface area contributed by atoms with Gasteiger partial charge in [0.25, 0.3) is 0 Å². The van der Waals surface area contributed by atoms with Gasteiger partial charge >= 0.3 is 5.97 Å². The lowest BCUT2D eigenvalue weighted by Gasteiger charge is -2.14. The van der Waals surface area contributed by atoms with Crippen molar-refractivity contribution in [2.24, 2.45) is 0 Å². The molecule has 0 saturated heterocycles. The topological polar surface area (TPSA) is 83.5 Å². The van der Waals surface area contributed by atoms with Crippen LogP contribution in [0, 0.1) is 5.82 Å². The molecule has 0 bridgehead atoms. The Labute approximate surface area is 125 Å². The van der Waals surface area contributed by atoms with Crippen LogP contribution in [0.1, 0.15) is 37.0 Å². The molecule has 0 aromatic heterocycles. The van der Waals surface area contributed by atoms with Crippen molar-refractivity contribution in [3.05, 3.63) is 29.6 Å². The molecule has 1 aromatic carbocycles. The first kappa shape index (κ1) is 17.3. The van der Waals surface area contributed by atoms with Gasteiger partial charge in [-0.15, -0.1) is 0 Å². The molecule has 7 heteroatoms. The normalized spacial score (nSPS) is 12.2. The molecule has 0 saturated carbocycles. The van der Waals surface area contributed by atoms with Gasteiger partial charge in [-0.05, 0) is 31.0 Å². The maximum atomic E-state index is 13.3. The Kier molecular flexibility index (Phi) is 6.48. The summed E-state index contributed by atoms with van der Waals surface area (Å²) >= 11 is 0. The van der Waals surface area contributed by atoms with Crippen molar-refractivity contribution in [2.45, 2.75) is 37.6 Å². The third-order valence-electron chi connectivity index (χ3n) is 3.04. The van der Waals surface area contributed by atoms with E-state index in [1.807, 2.05) is 13.8 Å². The SMILES string of the molecule is CCC(CC)NC(=O)CS(=O)c1ccc(F)c(C(=O)O)c1. The van der Waals surface area contributed by atoms with Crippen molar-refractivity contribution in [2.75, 3.05) is 5.75 Å². The van der Waals surface area contributed by atoms with E-state index in [0.29, 0.717) is 0 Å². The van der Waals surface area contributed by atoms with Gasteiger partial charge < -0.3 is 10.4 Å². The number of carboxylic acid groups (broad SMARTS) is 1. The maximum absolute atomic E-state index is 13.3. The quantitative estimate of drug-likeness (QED) is 0.805. The highest BCUT2D eigenvalue weighted by Crippen LogP contribution is 2.14. The van der Waals surface area contributed by atoms with E-state index in [4.69, 9.17) is 5.11 Å². The summed E-state index contributed by atoms with van der Waals surface area (Å²) in [6.07, 6.45) is 1.54. The summed E-state index contributed by atoms with van der Waals surface area (Å²) in [6.45, 7) is 3.87. The molecule has 1 atom stereocenters. The number of aromatic carboxylic acids is 1. The van der Waals surface area contributed by atoms with Gasteiger partial charge in [-0.25, -0.2) is 9.18 Å². The predicted molar refractivity (Wildman–Crippen MR) is 77.1 cm³/mol. The Balaban J connectivity index is 2.78. The van der Waals surface area contributed by atoms with Crippen LogP contribution in [-0.2, 0) is 15.6 Å². The number of benzene rings is 1. The van der Waals surface area contributed by atoms with Crippen molar-refractivity contribution in [1.29, 1.82) is 0 Å². The number of halogens is 1. The third-order valence-corrected chi connectivity index (χ3v) is 4.35. The van der Waals surface area contributed by atoms with Gasteiger partial charge in [0.1, 0.15) is 11.6 Å². The van der Waals surface area contributed by atoms with Crippen LogP contribution in [0.15, 0.2) is 23.1 Å². The standard InChI is InChI=1S/C14H18FNO4S/c1-3-9(4-2)16-13(17)8-21(20)10-5-6-12(15)11(7-10)14(18)19/h5-7,9H,3-4,8H2,1-2H3,(H,16,17)(H,18,19). The summed E-state index contributed by atoms with van der Waals surface area (Å²) < 4.78 is 25.3. The fourth-order valence-electron chi connectivity index (χ4n) is 1.77. The number of carbonyl (C=O) groups excluding carboxylic acids is 1. The average Bonchev–Trinajstić information content (AvgIpc) is 2.44. The second kappa shape index (κ2) is 7.87. The van der Waals surface area contributed by atoms with Crippen molar-refractivity contribution < 1.29 is 23.3 Å². The Morgan fingerprint density at radius 2 is 1.95 bits per heavy atom. The van der Waals surface area contributed by atoms with Gasteiger partial charge in [0.2, 0.25) is 5.91 Å². The summed E-state index contributed by atoms with van der Waals surface area (Å²) in [5.41, 5.74) is -0.554. The molecule has 2 N–H and O–H groups in total. The highest BCUT2D eigenvalue weighted by molar-refractivity contribution is 7.85. The summed E-state index contributed by atoms with van der Waals surface area (Å²) in [4.78, 5) is 22.7. The van der Waals surface area contributed by atoms with Gasteiger partial charge in [0.05, 0.1) is 16.4 Å². The average molecular weight is 315 g/mol. The lowest BCUT2D eigenvalue weighted by molar-refractivity contribution is -0.119. The van der Waals surface area contributed by atoms with Gasteiger partial charge in [0.15, 0.2) is 0 Å². The number of hydrogen-bond acceptors (Lipinski definition) is 3. The zero-order valence-corrected chi connectivity index (χ0v) is 12.7. The van der Waals surface area contributed by atoms with Crippen LogP contribution in [0.2, 0.25) is 0 Å². The third kappa shape index (κ3) is 4.93. The summed E-state index contributed by atoms with van der Waals surface area (Å²) in [5, 5.41) is 11.6. The lowest BCUT2D eigenvalue weighted by atomic mass is 10.2. The Bertz CT molecular complexity index is 558. The highest BCUT2D eigenvalue weighted by atomic mass is 32.2. The lowest BCUT2D eigenvalue weighted by Crippen LogP contribution is -2.36. The monoisotopic (exact) mass is 315 g/mol. The van der Waals surface area contributed by atoms with E-state index in [0.717, 1.165) is 25.0 Å². The van der Waals surface area contributed by atoms with E-state index < -0.39 is 28.1 Å². The minimum atomic E-state index is -1.71. The summed E-state index contributed by atoms with van der Waals surface area (Å²) in [6, 6.07) is 3.19. The molecule has 1 rings (SSSR count). The number of carboxylic acids is 1. The number of rotatable bonds is 7. The molecule has 21 heavy (non-hydrogen) atoms. The van der Waals surface area contributed by atoms with Crippen molar-refractivity contribution in [3.63, 3.8) is 0 Å². The molecule has 1 amide bonds. The molecule has 0 radical (unpaired) electrons. The first-order chi connectivity index (χ1) is 9.88.